The molecule has 2 heterocycles. The highest BCUT2D eigenvalue weighted by molar-refractivity contribution is 7.80. The molecule has 0 atom stereocenters. The maximum Gasteiger partial charge on any atom is 0.128 e. The van der Waals surface area contributed by atoms with Gasteiger partial charge in [0.15, 0.2) is 0 Å². The highest BCUT2D eigenvalue weighted by Gasteiger charge is 2.22. The first-order chi connectivity index (χ1) is 14.2. The van der Waals surface area contributed by atoms with E-state index >= 15 is 0 Å². The summed E-state index contributed by atoms with van der Waals surface area (Å²) < 4.78 is 16.3. The average molecular weight is 401 g/mol. The summed E-state index contributed by atoms with van der Waals surface area (Å²) in [6, 6.07) is 23.8. The third-order valence-electron chi connectivity index (χ3n) is 5.74. The predicted octanol–water partition coefficient (Wildman–Crippen LogP) is 5.56. The van der Waals surface area contributed by atoms with Gasteiger partial charge in [-0.25, -0.2) is 4.39 Å². The number of hydrogen-bond donors (Lipinski definition) is 0. The van der Waals surface area contributed by atoms with E-state index in [0.29, 0.717) is 12.1 Å². The first-order valence-electron chi connectivity index (χ1n) is 9.88. The number of rotatable bonds is 3. The Labute approximate surface area is 175 Å². The molecule has 1 aliphatic rings. The van der Waals surface area contributed by atoms with Gasteiger partial charge in [0, 0.05) is 41.3 Å². The summed E-state index contributed by atoms with van der Waals surface area (Å²) >= 11 is 5.94. The summed E-state index contributed by atoms with van der Waals surface area (Å²) in [5.74, 6) is -0.179. The number of halogens is 1. The second-order valence-electron chi connectivity index (χ2n) is 7.52. The fourth-order valence-electron chi connectivity index (χ4n) is 4.20. The normalized spacial score (nSPS) is 13.5. The molecule has 4 aromatic rings. The molecule has 4 heteroatoms. The number of aromatic nitrogens is 1. The molecule has 5 rings (SSSR count). The van der Waals surface area contributed by atoms with E-state index in [1.165, 1.54) is 17.2 Å². The predicted molar refractivity (Wildman–Crippen MR) is 120 cm³/mol. The summed E-state index contributed by atoms with van der Waals surface area (Å²) in [4.78, 5) is 3.15. The van der Waals surface area contributed by atoms with Crippen LogP contribution in [-0.4, -0.2) is 21.0 Å². The molecule has 0 N–H and O–H groups in total. The number of fused-ring (bicyclic) bond motifs is 2. The van der Waals surface area contributed by atoms with E-state index in [4.69, 9.17) is 12.2 Å². The minimum absolute atomic E-state index is 0.179. The maximum atomic E-state index is 14.2. The third kappa shape index (κ3) is 3.34. The van der Waals surface area contributed by atoms with Crippen LogP contribution in [0.3, 0.4) is 0 Å². The molecule has 0 aliphatic carbocycles. The van der Waals surface area contributed by atoms with Gasteiger partial charge in [-0.3, -0.25) is 0 Å². The van der Waals surface area contributed by atoms with Crippen LogP contribution in [0.25, 0.3) is 10.9 Å². The Hall–Kier alpha value is -2.98. The van der Waals surface area contributed by atoms with Gasteiger partial charge in [-0.15, -0.1) is 0 Å². The van der Waals surface area contributed by atoms with Crippen LogP contribution >= 0.6 is 12.2 Å². The van der Waals surface area contributed by atoms with Gasteiger partial charge in [-0.1, -0.05) is 72.9 Å². The molecule has 2 nitrogen and oxygen atoms in total. The molecule has 0 unspecified atom stereocenters. The SMILES string of the molecule is Fc1ccccc1Cn1cc(C(=S)N2CCc3ccccc3C2)c2ccccc21. The number of benzene rings is 3. The van der Waals surface area contributed by atoms with Crippen molar-refractivity contribution in [1.29, 1.82) is 0 Å². The molecule has 29 heavy (non-hydrogen) atoms. The zero-order valence-electron chi connectivity index (χ0n) is 16.0. The standard InChI is InChI=1S/C25H21FN2S/c26-23-11-5-3-9-20(23)16-28-17-22(21-10-4-6-12-24(21)28)25(29)27-14-13-18-7-1-2-8-19(18)15-27/h1-12,17H,13-16H2. The Morgan fingerprint density at radius 1 is 0.897 bits per heavy atom. The lowest BCUT2D eigenvalue weighted by Crippen LogP contribution is -2.35. The van der Waals surface area contributed by atoms with E-state index in [1.807, 2.05) is 24.3 Å². The van der Waals surface area contributed by atoms with Crippen LogP contribution in [0, 0.1) is 5.82 Å². The topological polar surface area (TPSA) is 8.17 Å². The van der Waals surface area contributed by atoms with Crippen molar-refractivity contribution in [2.75, 3.05) is 6.54 Å². The summed E-state index contributed by atoms with van der Waals surface area (Å²) in [5.41, 5.74) is 5.55. The molecule has 3 aromatic carbocycles. The molecule has 144 valence electrons. The van der Waals surface area contributed by atoms with Crippen LogP contribution < -0.4 is 0 Å². The van der Waals surface area contributed by atoms with Gasteiger partial charge in [-0.05, 0) is 29.7 Å². The van der Waals surface area contributed by atoms with E-state index in [0.717, 1.165) is 41.0 Å². The van der Waals surface area contributed by atoms with Crippen molar-refractivity contribution in [2.24, 2.45) is 0 Å². The average Bonchev–Trinajstić information content (AvgIpc) is 3.13. The second kappa shape index (κ2) is 7.45. The number of nitrogens with zero attached hydrogens (tertiary/aromatic N) is 2. The van der Waals surface area contributed by atoms with Crippen molar-refractivity contribution in [1.82, 2.24) is 9.47 Å². The molecule has 0 radical (unpaired) electrons. The summed E-state index contributed by atoms with van der Waals surface area (Å²) in [6.45, 7) is 2.24. The van der Waals surface area contributed by atoms with E-state index in [-0.39, 0.29) is 5.82 Å². The van der Waals surface area contributed by atoms with Crippen molar-refractivity contribution in [3.63, 3.8) is 0 Å². The molecule has 0 fully saturated rings. The molecule has 1 aromatic heterocycles. The molecule has 0 amide bonds. The van der Waals surface area contributed by atoms with Gasteiger partial charge >= 0.3 is 0 Å². The van der Waals surface area contributed by atoms with Crippen LogP contribution in [0.4, 0.5) is 4.39 Å². The third-order valence-corrected chi connectivity index (χ3v) is 6.21. The molecular formula is C25H21FN2S. The Morgan fingerprint density at radius 3 is 2.48 bits per heavy atom. The van der Waals surface area contributed by atoms with Crippen LogP contribution in [-0.2, 0) is 19.5 Å². The molecule has 1 aliphatic heterocycles. The number of thiocarbonyl (C=S) groups is 1. The van der Waals surface area contributed by atoms with Gasteiger partial charge in [-0.2, -0.15) is 0 Å². The van der Waals surface area contributed by atoms with E-state index < -0.39 is 0 Å². The van der Waals surface area contributed by atoms with Crippen molar-refractivity contribution in [2.45, 2.75) is 19.5 Å². The van der Waals surface area contributed by atoms with Crippen LogP contribution in [0.5, 0.6) is 0 Å². The number of para-hydroxylation sites is 1. The minimum atomic E-state index is -0.179. The van der Waals surface area contributed by atoms with Gasteiger partial charge in [0.2, 0.25) is 0 Å². The fourth-order valence-corrected chi connectivity index (χ4v) is 4.52. The zero-order valence-corrected chi connectivity index (χ0v) is 16.8. The van der Waals surface area contributed by atoms with Crippen LogP contribution in [0.1, 0.15) is 22.3 Å². The Kier molecular flexibility index (Phi) is 4.64. The molecule has 0 saturated carbocycles. The van der Waals surface area contributed by atoms with Crippen molar-refractivity contribution < 1.29 is 4.39 Å². The summed E-state index contributed by atoms with van der Waals surface area (Å²) in [6.07, 6.45) is 3.09. The Morgan fingerprint density at radius 2 is 1.62 bits per heavy atom. The van der Waals surface area contributed by atoms with E-state index in [9.17, 15) is 4.39 Å². The lowest BCUT2D eigenvalue weighted by atomic mass is 9.99. The van der Waals surface area contributed by atoms with E-state index in [2.05, 4.69) is 52.1 Å². The van der Waals surface area contributed by atoms with Crippen LogP contribution in [0.15, 0.2) is 79.0 Å². The van der Waals surface area contributed by atoms with Crippen molar-refractivity contribution >= 4 is 28.1 Å². The minimum Gasteiger partial charge on any atom is -0.358 e. The smallest absolute Gasteiger partial charge is 0.128 e. The van der Waals surface area contributed by atoms with Crippen molar-refractivity contribution in [3.8, 4) is 0 Å². The molecule has 0 spiro atoms. The van der Waals surface area contributed by atoms with Gasteiger partial charge in [0.25, 0.3) is 0 Å². The summed E-state index contributed by atoms with van der Waals surface area (Å²) in [5, 5.41) is 1.12. The Bertz CT molecular complexity index is 1210. The Balaban J connectivity index is 1.51. The highest BCUT2D eigenvalue weighted by Crippen LogP contribution is 2.27. The van der Waals surface area contributed by atoms with Gasteiger partial charge in [0.1, 0.15) is 10.8 Å². The number of hydrogen-bond acceptors (Lipinski definition) is 1. The molecular weight excluding hydrogens is 379 g/mol. The first kappa shape index (κ1) is 18.1. The van der Waals surface area contributed by atoms with Crippen LogP contribution in [0.2, 0.25) is 0 Å². The molecule has 0 saturated heterocycles. The zero-order chi connectivity index (χ0) is 19.8. The second-order valence-corrected chi connectivity index (χ2v) is 7.91. The monoisotopic (exact) mass is 400 g/mol. The van der Waals surface area contributed by atoms with Gasteiger partial charge in [0.05, 0.1) is 6.54 Å². The van der Waals surface area contributed by atoms with Crippen molar-refractivity contribution in [3.05, 3.63) is 107 Å². The fraction of sp³-hybridized carbons (Fsp3) is 0.160. The quantitative estimate of drug-likeness (QED) is 0.416. The lowest BCUT2D eigenvalue weighted by molar-refractivity contribution is 0.401. The largest absolute Gasteiger partial charge is 0.358 e. The molecule has 0 bridgehead atoms. The summed E-state index contributed by atoms with van der Waals surface area (Å²) in [7, 11) is 0. The van der Waals surface area contributed by atoms with E-state index in [1.54, 1.807) is 6.07 Å². The highest BCUT2D eigenvalue weighted by atomic mass is 32.1. The maximum absolute atomic E-state index is 14.2. The van der Waals surface area contributed by atoms with Gasteiger partial charge < -0.3 is 9.47 Å². The lowest BCUT2D eigenvalue weighted by Gasteiger charge is -2.30. The first-order valence-corrected chi connectivity index (χ1v) is 10.3.